The lowest BCUT2D eigenvalue weighted by Crippen LogP contribution is -2.29. The second-order valence-electron chi connectivity index (χ2n) is 3.22. The van der Waals surface area contributed by atoms with Crippen LogP contribution in [0.5, 0.6) is 0 Å². The minimum absolute atomic E-state index is 0.0735. The van der Waals surface area contributed by atoms with Crippen molar-refractivity contribution in [1.29, 1.82) is 0 Å². The number of nitrogens with zero attached hydrogens (tertiary/aromatic N) is 2. The summed E-state index contributed by atoms with van der Waals surface area (Å²) in [6.07, 6.45) is 1.40. The van der Waals surface area contributed by atoms with Crippen LogP contribution >= 0.6 is 0 Å². The summed E-state index contributed by atoms with van der Waals surface area (Å²) in [5.74, 6) is -0.0506. The van der Waals surface area contributed by atoms with E-state index in [4.69, 9.17) is 0 Å². The van der Waals surface area contributed by atoms with Crippen molar-refractivity contribution in [2.75, 3.05) is 13.7 Å². The maximum atomic E-state index is 11.4. The fraction of sp³-hybridized carbons (Fsp3) is 0.500. The van der Waals surface area contributed by atoms with Crippen molar-refractivity contribution < 1.29 is 14.3 Å². The third kappa shape index (κ3) is 2.59. The number of hydrogen-bond donors (Lipinski definition) is 1. The molecule has 88 valence electrons. The Morgan fingerprint density at radius 3 is 2.81 bits per heavy atom. The Kier molecular flexibility index (Phi) is 4.04. The number of imidazole rings is 1. The van der Waals surface area contributed by atoms with Crippen molar-refractivity contribution in [2.45, 2.75) is 20.4 Å². The van der Waals surface area contributed by atoms with Gasteiger partial charge in [0.05, 0.1) is 13.3 Å². The average Bonchev–Trinajstić information content (AvgIpc) is 2.60. The van der Waals surface area contributed by atoms with Crippen LogP contribution in [0.15, 0.2) is 6.20 Å². The van der Waals surface area contributed by atoms with E-state index in [1.807, 2.05) is 6.92 Å². The topological polar surface area (TPSA) is 73.2 Å². The zero-order chi connectivity index (χ0) is 12.1. The summed E-state index contributed by atoms with van der Waals surface area (Å²) < 4.78 is 6.12. The van der Waals surface area contributed by atoms with Crippen LogP contribution in [0.4, 0.5) is 0 Å². The highest BCUT2D eigenvalue weighted by Gasteiger charge is 2.16. The molecule has 0 saturated carbocycles. The molecule has 1 aromatic heterocycles. The van der Waals surface area contributed by atoms with Crippen LogP contribution in [0.1, 0.15) is 23.2 Å². The number of rotatable bonds is 4. The van der Waals surface area contributed by atoms with E-state index < -0.39 is 5.97 Å². The van der Waals surface area contributed by atoms with Gasteiger partial charge in [0, 0.05) is 6.54 Å². The Hall–Kier alpha value is -1.85. The minimum atomic E-state index is -0.495. The maximum Gasteiger partial charge on any atom is 0.356 e. The summed E-state index contributed by atoms with van der Waals surface area (Å²) in [6, 6.07) is 0. The quantitative estimate of drug-likeness (QED) is 0.738. The Bertz CT molecular complexity index is 398. The summed E-state index contributed by atoms with van der Waals surface area (Å²) in [5, 5.41) is 2.66. The van der Waals surface area contributed by atoms with Crippen LogP contribution in [-0.2, 0) is 16.1 Å². The van der Waals surface area contributed by atoms with Gasteiger partial charge in [-0.2, -0.15) is 0 Å². The number of aromatic nitrogens is 2. The smallest absolute Gasteiger partial charge is 0.356 e. The van der Waals surface area contributed by atoms with E-state index in [0.29, 0.717) is 12.4 Å². The second kappa shape index (κ2) is 5.29. The van der Waals surface area contributed by atoms with Crippen LogP contribution in [0.2, 0.25) is 0 Å². The molecule has 0 spiro atoms. The fourth-order valence-corrected chi connectivity index (χ4v) is 1.33. The van der Waals surface area contributed by atoms with Crippen molar-refractivity contribution in [3.63, 3.8) is 0 Å². The number of likely N-dealkylation sites (N-methyl/N-ethyl adjacent to an activating group) is 1. The van der Waals surface area contributed by atoms with Gasteiger partial charge < -0.3 is 14.6 Å². The van der Waals surface area contributed by atoms with E-state index >= 15 is 0 Å². The van der Waals surface area contributed by atoms with Crippen molar-refractivity contribution in [3.05, 3.63) is 17.7 Å². The Morgan fingerprint density at radius 2 is 2.25 bits per heavy atom. The molecule has 0 fully saturated rings. The molecule has 0 bridgehead atoms. The molecule has 0 aromatic carbocycles. The van der Waals surface area contributed by atoms with Gasteiger partial charge in [-0.25, -0.2) is 9.78 Å². The lowest BCUT2D eigenvalue weighted by atomic mass is 10.4. The van der Waals surface area contributed by atoms with Crippen LogP contribution in [0.25, 0.3) is 0 Å². The molecule has 0 unspecified atom stereocenters. The minimum Gasteiger partial charge on any atom is -0.464 e. The Morgan fingerprint density at radius 1 is 1.56 bits per heavy atom. The van der Waals surface area contributed by atoms with Crippen LogP contribution in [0.3, 0.4) is 0 Å². The third-order valence-corrected chi connectivity index (χ3v) is 2.13. The molecule has 1 rings (SSSR count). The molecular formula is C10H15N3O3. The third-order valence-electron chi connectivity index (χ3n) is 2.13. The standard InChI is InChI=1S/C10H15N3O3/c1-4-11-9(14)6-13-7(2)12-5-8(13)10(15)16-3/h5H,4,6H2,1-3H3,(H,11,14). The first kappa shape index (κ1) is 12.2. The molecule has 1 heterocycles. The number of esters is 1. The fourth-order valence-electron chi connectivity index (χ4n) is 1.33. The van der Waals surface area contributed by atoms with Crippen molar-refractivity contribution in [2.24, 2.45) is 0 Å². The van der Waals surface area contributed by atoms with Gasteiger partial charge in [0.25, 0.3) is 0 Å². The molecule has 6 heteroatoms. The van der Waals surface area contributed by atoms with E-state index in [0.717, 1.165) is 0 Å². The molecule has 0 aliphatic carbocycles. The largest absolute Gasteiger partial charge is 0.464 e. The number of amides is 1. The maximum absolute atomic E-state index is 11.4. The van der Waals surface area contributed by atoms with Crippen molar-refractivity contribution in [1.82, 2.24) is 14.9 Å². The summed E-state index contributed by atoms with van der Waals surface area (Å²) in [6.45, 7) is 4.19. The molecule has 1 aromatic rings. The predicted octanol–water partition coefficient (Wildman–Crippen LogP) is 0.114. The zero-order valence-electron chi connectivity index (χ0n) is 9.61. The lowest BCUT2D eigenvalue weighted by Gasteiger charge is -2.08. The molecule has 0 aliphatic heterocycles. The molecule has 0 saturated heterocycles. The number of carbonyl (C=O) groups excluding carboxylic acids is 2. The first-order chi connectivity index (χ1) is 7.60. The molecule has 0 aliphatic rings. The normalized spacial score (nSPS) is 9.94. The van der Waals surface area contributed by atoms with Crippen molar-refractivity contribution in [3.8, 4) is 0 Å². The average molecular weight is 225 g/mol. The lowest BCUT2D eigenvalue weighted by molar-refractivity contribution is -0.121. The summed E-state index contributed by atoms with van der Waals surface area (Å²) >= 11 is 0. The predicted molar refractivity (Wildman–Crippen MR) is 57.0 cm³/mol. The Labute approximate surface area is 93.6 Å². The molecular weight excluding hydrogens is 210 g/mol. The van der Waals surface area contributed by atoms with E-state index in [1.165, 1.54) is 17.9 Å². The highest BCUT2D eigenvalue weighted by atomic mass is 16.5. The van der Waals surface area contributed by atoms with Gasteiger partial charge >= 0.3 is 5.97 Å². The van der Waals surface area contributed by atoms with E-state index in [2.05, 4.69) is 15.0 Å². The number of nitrogens with one attached hydrogen (secondary N) is 1. The number of ether oxygens (including phenoxy) is 1. The van der Waals surface area contributed by atoms with Crippen LogP contribution in [-0.4, -0.2) is 35.1 Å². The number of aryl methyl sites for hydroxylation is 1. The van der Waals surface area contributed by atoms with Crippen LogP contribution < -0.4 is 5.32 Å². The van der Waals surface area contributed by atoms with Crippen LogP contribution in [0, 0.1) is 6.92 Å². The number of hydrogen-bond acceptors (Lipinski definition) is 4. The van der Waals surface area contributed by atoms with Crippen molar-refractivity contribution >= 4 is 11.9 Å². The molecule has 0 radical (unpaired) electrons. The van der Waals surface area contributed by atoms with E-state index in [-0.39, 0.29) is 18.1 Å². The molecule has 1 amide bonds. The second-order valence-corrected chi connectivity index (χ2v) is 3.22. The number of carbonyl (C=O) groups is 2. The van der Waals surface area contributed by atoms with Gasteiger partial charge in [0.1, 0.15) is 18.1 Å². The van der Waals surface area contributed by atoms with E-state index in [1.54, 1.807) is 6.92 Å². The highest BCUT2D eigenvalue weighted by molar-refractivity contribution is 5.88. The van der Waals surface area contributed by atoms with Gasteiger partial charge in [0.2, 0.25) is 5.91 Å². The number of methoxy groups -OCH3 is 1. The van der Waals surface area contributed by atoms with Gasteiger partial charge in [-0.1, -0.05) is 0 Å². The highest BCUT2D eigenvalue weighted by Crippen LogP contribution is 2.05. The van der Waals surface area contributed by atoms with Gasteiger partial charge in [-0.3, -0.25) is 4.79 Å². The molecule has 16 heavy (non-hydrogen) atoms. The van der Waals surface area contributed by atoms with Gasteiger partial charge in [-0.05, 0) is 13.8 Å². The summed E-state index contributed by atoms with van der Waals surface area (Å²) in [4.78, 5) is 26.8. The molecule has 1 N–H and O–H groups in total. The summed E-state index contributed by atoms with van der Waals surface area (Å²) in [5.41, 5.74) is 0.284. The molecule has 0 atom stereocenters. The first-order valence-electron chi connectivity index (χ1n) is 4.97. The first-order valence-corrected chi connectivity index (χ1v) is 4.97. The van der Waals surface area contributed by atoms with E-state index in [9.17, 15) is 9.59 Å². The monoisotopic (exact) mass is 225 g/mol. The van der Waals surface area contributed by atoms with Gasteiger partial charge in [0.15, 0.2) is 0 Å². The zero-order valence-corrected chi connectivity index (χ0v) is 9.61. The SMILES string of the molecule is CCNC(=O)Cn1c(C(=O)OC)cnc1C. The molecule has 6 nitrogen and oxygen atoms in total. The summed E-state index contributed by atoms with van der Waals surface area (Å²) in [7, 11) is 1.29. The Balaban J connectivity index is 2.89. The van der Waals surface area contributed by atoms with Gasteiger partial charge in [-0.15, -0.1) is 0 Å².